The molecule has 3 heterocycles. The van der Waals surface area contributed by atoms with Crippen molar-refractivity contribution in [1.29, 1.82) is 0 Å². The normalized spacial score (nSPS) is 27.4. The molecule has 138 valence electrons. The van der Waals surface area contributed by atoms with E-state index in [9.17, 15) is 4.79 Å². The first kappa shape index (κ1) is 10.7. The number of anilines is 1. The molecule has 3 rings (SSSR count). The third-order valence-corrected chi connectivity index (χ3v) is 3.21. The van der Waals surface area contributed by atoms with Crippen molar-refractivity contribution in [1.82, 2.24) is 19.9 Å². The van der Waals surface area contributed by atoms with Gasteiger partial charge in [0.05, 0.1) is 27.9 Å². The molecular formula is C18H22ClN5O2. The summed E-state index contributed by atoms with van der Waals surface area (Å²) in [4.78, 5) is 24.9. The Labute approximate surface area is 169 Å². The first-order valence-corrected chi connectivity index (χ1v) is 7.99. The van der Waals surface area contributed by atoms with Gasteiger partial charge < -0.3 is 14.5 Å². The predicted octanol–water partition coefficient (Wildman–Crippen LogP) is 3.25. The van der Waals surface area contributed by atoms with Gasteiger partial charge >= 0.3 is 6.09 Å². The first-order chi connectivity index (χ1) is 15.4. The van der Waals surface area contributed by atoms with Crippen LogP contribution in [0.5, 0.6) is 0 Å². The Balaban J connectivity index is 2.28. The number of piperazine rings is 1. The number of pyridine rings is 1. The summed E-state index contributed by atoms with van der Waals surface area (Å²) < 4.78 is 73.2. The summed E-state index contributed by atoms with van der Waals surface area (Å²) in [6, 6.07) is 1.30. The second kappa shape index (κ2) is 7.45. The van der Waals surface area contributed by atoms with E-state index in [1.165, 1.54) is 45.4 Å². The number of hydrogen-bond acceptors (Lipinski definition) is 6. The van der Waals surface area contributed by atoms with Gasteiger partial charge in [0.1, 0.15) is 11.4 Å². The van der Waals surface area contributed by atoms with Crippen LogP contribution in [0.1, 0.15) is 31.7 Å². The van der Waals surface area contributed by atoms with Gasteiger partial charge in [-0.25, -0.2) is 9.78 Å². The van der Waals surface area contributed by atoms with Gasteiger partial charge in [-0.05, 0) is 26.8 Å². The van der Waals surface area contributed by atoms with Crippen LogP contribution in [0.25, 0.3) is 11.3 Å². The molecule has 2 aromatic rings. The van der Waals surface area contributed by atoms with Crippen LogP contribution in [0.2, 0.25) is 5.02 Å². The zero-order valence-corrected chi connectivity index (χ0v) is 15.1. The van der Waals surface area contributed by atoms with Crippen LogP contribution in [0.4, 0.5) is 10.6 Å². The zero-order valence-electron chi connectivity index (χ0n) is 22.3. The van der Waals surface area contributed by atoms with Crippen molar-refractivity contribution in [2.24, 2.45) is 0 Å². The van der Waals surface area contributed by atoms with E-state index < -0.39 is 43.5 Å². The Morgan fingerprint density at radius 3 is 2.54 bits per heavy atom. The van der Waals surface area contributed by atoms with Gasteiger partial charge in [0.15, 0.2) is 0 Å². The molecule has 1 aliphatic rings. The summed E-state index contributed by atoms with van der Waals surface area (Å²) in [6.45, 7) is -9.18. The molecule has 1 fully saturated rings. The lowest BCUT2D eigenvalue weighted by atomic mass is 10.1. The van der Waals surface area contributed by atoms with Crippen molar-refractivity contribution >= 4 is 23.5 Å². The monoisotopic (exact) mass is 383 g/mol. The van der Waals surface area contributed by atoms with E-state index in [1.807, 2.05) is 0 Å². The lowest BCUT2D eigenvalue weighted by molar-refractivity contribution is 0.0240. The molecule has 0 N–H and O–H groups in total. The summed E-state index contributed by atoms with van der Waals surface area (Å²) in [5.74, 6) is -0.489. The molecule has 8 heteroatoms. The van der Waals surface area contributed by atoms with E-state index in [2.05, 4.69) is 15.0 Å². The molecule has 0 unspecified atom stereocenters. The lowest BCUT2D eigenvalue weighted by Crippen LogP contribution is -2.50. The van der Waals surface area contributed by atoms with Crippen LogP contribution in [0.15, 0.2) is 30.9 Å². The van der Waals surface area contributed by atoms with Gasteiger partial charge in [-0.15, -0.1) is 0 Å². The minimum absolute atomic E-state index is 0.0225. The number of ether oxygens (including phenoxy) is 1. The van der Waals surface area contributed by atoms with Crippen LogP contribution in [-0.2, 0) is 4.74 Å². The molecule has 0 radical (unpaired) electrons. The highest BCUT2D eigenvalue weighted by atomic mass is 35.5. The molecule has 0 spiro atoms. The van der Waals surface area contributed by atoms with Crippen LogP contribution in [-0.4, -0.2) is 57.5 Å². The summed E-state index contributed by atoms with van der Waals surface area (Å²) in [5.41, 5.74) is -1.10. The number of halogens is 1. The largest absolute Gasteiger partial charge is 0.444 e. The molecule has 0 saturated carbocycles. The highest BCUT2D eigenvalue weighted by Gasteiger charge is 2.27. The number of rotatable bonds is 2. The second-order valence-corrected chi connectivity index (χ2v) is 6.65. The Kier molecular flexibility index (Phi) is 3.06. The second-order valence-electron chi connectivity index (χ2n) is 6.21. The number of carbonyl (C=O) groups is 1. The molecule has 0 atom stereocenters. The lowest BCUT2D eigenvalue weighted by Gasteiger charge is -2.36. The molecule has 26 heavy (non-hydrogen) atoms. The van der Waals surface area contributed by atoms with E-state index >= 15 is 0 Å². The third kappa shape index (κ3) is 4.40. The van der Waals surface area contributed by atoms with E-state index in [0.717, 1.165) is 6.20 Å². The quantitative estimate of drug-likeness (QED) is 0.792. The Morgan fingerprint density at radius 2 is 1.92 bits per heavy atom. The fourth-order valence-corrected chi connectivity index (χ4v) is 2.16. The smallest absolute Gasteiger partial charge is 0.410 e. The fraction of sp³-hybridized carbons (Fsp3) is 0.444. The fourth-order valence-electron chi connectivity index (χ4n) is 2.00. The molecule has 1 aliphatic heterocycles. The zero-order chi connectivity index (χ0) is 25.9. The maximum absolute atomic E-state index is 12.8. The van der Waals surface area contributed by atoms with Gasteiger partial charge in [0, 0.05) is 50.1 Å². The summed E-state index contributed by atoms with van der Waals surface area (Å²) in [5, 5.41) is 0.0870. The van der Waals surface area contributed by atoms with Crippen LogP contribution in [0.3, 0.4) is 0 Å². The maximum atomic E-state index is 12.8. The first-order valence-electron chi connectivity index (χ1n) is 11.6. The maximum Gasteiger partial charge on any atom is 0.410 e. The Morgan fingerprint density at radius 1 is 1.19 bits per heavy atom. The van der Waals surface area contributed by atoms with E-state index in [4.69, 9.17) is 27.3 Å². The third-order valence-electron chi connectivity index (χ3n) is 3.01. The summed E-state index contributed by atoms with van der Waals surface area (Å²) in [7, 11) is 0. The van der Waals surface area contributed by atoms with Gasteiger partial charge in [0.25, 0.3) is 0 Å². The van der Waals surface area contributed by atoms with Gasteiger partial charge in [-0.1, -0.05) is 11.6 Å². The molecule has 0 aliphatic carbocycles. The Hall–Kier alpha value is -2.41. The van der Waals surface area contributed by atoms with Crippen molar-refractivity contribution < 1.29 is 20.5 Å². The average molecular weight is 384 g/mol. The molecule has 0 aromatic carbocycles. The SMILES string of the molecule is [2H]C1([2H])N(C(=O)OC(C)(C)C)C([2H])([2H])C([2H])([2H])N(c2ncc(Cl)cc2-c2cnccn2)C1([2H])[2H]. The van der Waals surface area contributed by atoms with Crippen LogP contribution < -0.4 is 4.90 Å². The summed E-state index contributed by atoms with van der Waals surface area (Å²) >= 11 is 6.05. The number of hydrogen-bond donors (Lipinski definition) is 0. The van der Waals surface area contributed by atoms with Crippen molar-refractivity contribution in [2.75, 3.05) is 30.9 Å². The minimum Gasteiger partial charge on any atom is -0.444 e. The van der Waals surface area contributed by atoms with Crippen LogP contribution >= 0.6 is 11.6 Å². The molecule has 1 amide bonds. The number of carbonyl (C=O) groups excluding carboxylic acids is 1. The van der Waals surface area contributed by atoms with E-state index in [0.29, 0.717) is 0 Å². The van der Waals surface area contributed by atoms with Crippen LogP contribution in [0, 0.1) is 0 Å². The van der Waals surface area contributed by atoms with Gasteiger partial charge in [-0.2, -0.15) is 0 Å². The molecule has 7 nitrogen and oxygen atoms in total. The highest BCUT2D eigenvalue weighted by Crippen LogP contribution is 2.30. The molecule has 1 saturated heterocycles. The highest BCUT2D eigenvalue weighted by molar-refractivity contribution is 6.30. The minimum atomic E-state index is -3.43. The molecule has 2 aromatic heterocycles. The van der Waals surface area contributed by atoms with Gasteiger partial charge in [-0.3, -0.25) is 9.97 Å². The molecule has 0 bridgehead atoms. The topological polar surface area (TPSA) is 71.5 Å². The van der Waals surface area contributed by atoms with E-state index in [-0.39, 0.29) is 26.1 Å². The number of nitrogens with zero attached hydrogens (tertiary/aromatic N) is 5. The standard InChI is InChI=1S/C18H22ClN5O2/c1-18(2,3)26-17(25)24-8-6-23(7-9-24)16-14(10-13(19)11-22-16)15-12-20-4-5-21-15/h4-5,10-12H,6-9H2,1-3H3/i6D2,7D2,8D2,9D2. The van der Waals surface area contributed by atoms with Gasteiger partial charge in [0.2, 0.25) is 0 Å². The molecular weight excluding hydrogens is 354 g/mol. The van der Waals surface area contributed by atoms with E-state index in [1.54, 1.807) is 0 Å². The predicted molar refractivity (Wildman–Crippen MR) is 100 cm³/mol. The van der Waals surface area contributed by atoms with Crippen molar-refractivity contribution in [3.63, 3.8) is 0 Å². The Bertz CT molecular complexity index is 1070. The van der Waals surface area contributed by atoms with Crippen molar-refractivity contribution in [2.45, 2.75) is 26.4 Å². The summed E-state index contributed by atoms with van der Waals surface area (Å²) in [6.07, 6.45) is 3.49. The van der Waals surface area contributed by atoms with Crippen molar-refractivity contribution in [3.05, 3.63) is 35.9 Å². The number of aromatic nitrogens is 3. The average Bonchev–Trinajstić information content (AvgIpc) is 2.66. The number of amides is 1. The van der Waals surface area contributed by atoms with Crippen molar-refractivity contribution in [3.8, 4) is 11.3 Å².